The molecule has 0 aliphatic heterocycles. The summed E-state index contributed by atoms with van der Waals surface area (Å²) in [6, 6.07) is 21.1. The van der Waals surface area contributed by atoms with Crippen molar-refractivity contribution in [2.24, 2.45) is 5.73 Å². The van der Waals surface area contributed by atoms with Crippen molar-refractivity contribution in [3.8, 4) is 0 Å². The summed E-state index contributed by atoms with van der Waals surface area (Å²) < 4.78 is 0. The van der Waals surface area contributed by atoms with Gasteiger partial charge in [0.25, 0.3) is 0 Å². The number of likely N-dealkylation sites (N-methyl/N-ethyl adjacent to an activating group) is 1. The molecule has 2 rings (SSSR count). The van der Waals surface area contributed by atoms with Crippen LogP contribution in [0.5, 0.6) is 0 Å². The fourth-order valence-corrected chi connectivity index (χ4v) is 2.38. The van der Waals surface area contributed by atoms with Crippen LogP contribution in [-0.4, -0.2) is 25.0 Å². The summed E-state index contributed by atoms with van der Waals surface area (Å²) in [6.07, 6.45) is 0. The van der Waals surface area contributed by atoms with Crippen LogP contribution in [0.15, 0.2) is 60.7 Å². The number of nitrogens with zero attached hydrogens (tertiary/aromatic N) is 1. The number of rotatable bonds is 6. The van der Waals surface area contributed by atoms with Gasteiger partial charge in [0, 0.05) is 25.6 Å². The van der Waals surface area contributed by atoms with Crippen LogP contribution in [0, 0.1) is 0 Å². The van der Waals surface area contributed by atoms with E-state index in [1.807, 2.05) is 6.07 Å². The molecule has 2 nitrogen and oxygen atoms in total. The SMILES string of the molecule is CN(Cc1ccccc1)CC(CN)c1ccccc1. The van der Waals surface area contributed by atoms with Crippen LogP contribution in [0.4, 0.5) is 0 Å². The van der Waals surface area contributed by atoms with Crippen LogP contribution >= 0.6 is 0 Å². The Labute approximate surface area is 115 Å². The Morgan fingerprint density at radius 2 is 1.53 bits per heavy atom. The maximum absolute atomic E-state index is 5.92. The van der Waals surface area contributed by atoms with Gasteiger partial charge >= 0.3 is 0 Å². The second-order valence-electron chi connectivity index (χ2n) is 5.03. The van der Waals surface area contributed by atoms with Crippen molar-refractivity contribution >= 4 is 0 Å². The maximum atomic E-state index is 5.92. The smallest absolute Gasteiger partial charge is 0.0230 e. The summed E-state index contributed by atoms with van der Waals surface area (Å²) >= 11 is 0. The second-order valence-corrected chi connectivity index (χ2v) is 5.03. The van der Waals surface area contributed by atoms with E-state index in [1.54, 1.807) is 0 Å². The molecule has 0 aliphatic carbocycles. The molecule has 2 N–H and O–H groups in total. The maximum Gasteiger partial charge on any atom is 0.0230 e. The average Bonchev–Trinajstić information content (AvgIpc) is 2.47. The third-order valence-electron chi connectivity index (χ3n) is 3.38. The van der Waals surface area contributed by atoms with Gasteiger partial charge in [-0.2, -0.15) is 0 Å². The fraction of sp³-hybridized carbons (Fsp3) is 0.294. The van der Waals surface area contributed by atoms with E-state index >= 15 is 0 Å². The van der Waals surface area contributed by atoms with Gasteiger partial charge in [0.1, 0.15) is 0 Å². The van der Waals surface area contributed by atoms with E-state index in [4.69, 9.17) is 5.73 Å². The Morgan fingerprint density at radius 1 is 0.947 bits per heavy atom. The van der Waals surface area contributed by atoms with Crippen molar-refractivity contribution < 1.29 is 0 Å². The average molecular weight is 254 g/mol. The normalized spacial score (nSPS) is 12.6. The molecule has 0 amide bonds. The lowest BCUT2D eigenvalue weighted by molar-refractivity contribution is 0.305. The molecule has 2 aromatic carbocycles. The van der Waals surface area contributed by atoms with Gasteiger partial charge in [-0.25, -0.2) is 0 Å². The molecule has 2 heteroatoms. The molecule has 0 aliphatic rings. The number of nitrogens with two attached hydrogens (primary N) is 1. The lowest BCUT2D eigenvalue weighted by Gasteiger charge is -2.23. The molecule has 0 bridgehead atoms. The van der Waals surface area contributed by atoms with E-state index in [1.165, 1.54) is 11.1 Å². The van der Waals surface area contributed by atoms with Crippen LogP contribution in [0.3, 0.4) is 0 Å². The van der Waals surface area contributed by atoms with Gasteiger partial charge in [-0.05, 0) is 18.2 Å². The van der Waals surface area contributed by atoms with Gasteiger partial charge in [-0.3, -0.25) is 0 Å². The van der Waals surface area contributed by atoms with Gasteiger partial charge in [0.15, 0.2) is 0 Å². The van der Waals surface area contributed by atoms with Crippen molar-refractivity contribution in [1.29, 1.82) is 0 Å². The van der Waals surface area contributed by atoms with E-state index in [0.29, 0.717) is 12.5 Å². The highest BCUT2D eigenvalue weighted by Crippen LogP contribution is 2.16. The van der Waals surface area contributed by atoms with Crippen molar-refractivity contribution in [2.75, 3.05) is 20.1 Å². The summed E-state index contributed by atoms with van der Waals surface area (Å²) in [7, 11) is 2.15. The Bertz CT molecular complexity index is 467. The first-order valence-electron chi connectivity index (χ1n) is 6.77. The predicted octanol–water partition coefficient (Wildman–Crippen LogP) is 2.86. The number of hydrogen-bond donors (Lipinski definition) is 1. The summed E-state index contributed by atoms with van der Waals surface area (Å²) in [5.74, 6) is 0.398. The third-order valence-corrected chi connectivity index (χ3v) is 3.38. The molecule has 1 atom stereocenters. The zero-order chi connectivity index (χ0) is 13.5. The first-order chi connectivity index (χ1) is 9.29. The summed E-state index contributed by atoms with van der Waals surface area (Å²) in [4.78, 5) is 2.33. The highest BCUT2D eigenvalue weighted by Gasteiger charge is 2.12. The molecule has 0 heterocycles. The zero-order valence-electron chi connectivity index (χ0n) is 11.5. The second kappa shape index (κ2) is 7.07. The first kappa shape index (κ1) is 13.8. The van der Waals surface area contributed by atoms with E-state index in [9.17, 15) is 0 Å². The summed E-state index contributed by atoms with van der Waals surface area (Å²) in [5, 5.41) is 0. The topological polar surface area (TPSA) is 29.3 Å². The molecule has 0 radical (unpaired) electrons. The summed E-state index contributed by atoms with van der Waals surface area (Å²) in [6.45, 7) is 2.63. The van der Waals surface area contributed by atoms with Crippen molar-refractivity contribution in [2.45, 2.75) is 12.5 Å². The Kier molecular flexibility index (Phi) is 5.13. The van der Waals surface area contributed by atoms with Gasteiger partial charge in [0.2, 0.25) is 0 Å². The van der Waals surface area contributed by atoms with Crippen molar-refractivity contribution in [3.05, 3.63) is 71.8 Å². The molecule has 0 spiro atoms. The van der Waals surface area contributed by atoms with Crippen LogP contribution in [0.1, 0.15) is 17.0 Å². The molecule has 0 saturated carbocycles. The number of hydrogen-bond acceptors (Lipinski definition) is 2. The highest BCUT2D eigenvalue weighted by atomic mass is 15.1. The van der Waals surface area contributed by atoms with Crippen LogP contribution in [0.25, 0.3) is 0 Å². The largest absolute Gasteiger partial charge is 0.330 e. The van der Waals surface area contributed by atoms with Crippen LogP contribution < -0.4 is 5.73 Å². The molecule has 2 aromatic rings. The van der Waals surface area contributed by atoms with E-state index in [2.05, 4.69) is 66.5 Å². The molecule has 0 saturated heterocycles. The lowest BCUT2D eigenvalue weighted by Crippen LogP contribution is -2.28. The minimum absolute atomic E-state index is 0.398. The molecule has 1 unspecified atom stereocenters. The molecule has 0 aromatic heterocycles. The van der Waals surface area contributed by atoms with E-state index in [-0.39, 0.29) is 0 Å². The summed E-state index contributed by atoms with van der Waals surface area (Å²) in [5.41, 5.74) is 8.59. The standard InChI is InChI=1S/C17H22N2/c1-19(13-15-8-4-2-5-9-15)14-17(12-18)16-10-6-3-7-11-16/h2-11,17H,12-14,18H2,1H3. The van der Waals surface area contributed by atoms with Crippen molar-refractivity contribution in [1.82, 2.24) is 4.90 Å². The van der Waals surface area contributed by atoms with E-state index in [0.717, 1.165) is 13.1 Å². The Morgan fingerprint density at radius 3 is 2.11 bits per heavy atom. The minimum Gasteiger partial charge on any atom is -0.330 e. The molecule has 19 heavy (non-hydrogen) atoms. The van der Waals surface area contributed by atoms with E-state index < -0.39 is 0 Å². The Balaban J connectivity index is 1.95. The van der Waals surface area contributed by atoms with Crippen molar-refractivity contribution in [3.63, 3.8) is 0 Å². The Hall–Kier alpha value is -1.64. The van der Waals surface area contributed by atoms with Gasteiger partial charge < -0.3 is 10.6 Å². The highest BCUT2D eigenvalue weighted by molar-refractivity contribution is 5.20. The fourth-order valence-electron chi connectivity index (χ4n) is 2.38. The third kappa shape index (κ3) is 4.19. The molecular formula is C17H22N2. The quantitative estimate of drug-likeness (QED) is 0.859. The predicted molar refractivity (Wildman–Crippen MR) is 81.0 cm³/mol. The zero-order valence-corrected chi connectivity index (χ0v) is 11.5. The number of benzene rings is 2. The molecule has 100 valence electrons. The van der Waals surface area contributed by atoms with Crippen LogP contribution in [0.2, 0.25) is 0 Å². The van der Waals surface area contributed by atoms with Crippen LogP contribution in [-0.2, 0) is 6.54 Å². The first-order valence-corrected chi connectivity index (χ1v) is 6.77. The van der Waals surface area contributed by atoms with Gasteiger partial charge in [-0.1, -0.05) is 60.7 Å². The lowest BCUT2D eigenvalue weighted by atomic mass is 9.98. The van der Waals surface area contributed by atoms with Gasteiger partial charge in [-0.15, -0.1) is 0 Å². The monoisotopic (exact) mass is 254 g/mol. The van der Waals surface area contributed by atoms with Gasteiger partial charge in [0.05, 0.1) is 0 Å². The molecule has 0 fully saturated rings. The molecular weight excluding hydrogens is 232 g/mol. The minimum atomic E-state index is 0.398.